The van der Waals surface area contributed by atoms with Crippen LogP contribution in [0.25, 0.3) is 0 Å². The van der Waals surface area contributed by atoms with Gasteiger partial charge in [0.2, 0.25) is 0 Å². The lowest BCUT2D eigenvalue weighted by atomic mass is 10.0. The zero-order valence-electron chi connectivity index (χ0n) is 50.2. The normalized spacial score (nSPS) is 12.9. The van der Waals surface area contributed by atoms with E-state index in [4.69, 9.17) is 18.9 Å². The summed E-state index contributed by atoms with van der Waals surface area (Å²) in [7, 11) is 5.91. The quantitative estimate of drug-likeness (QED) is 0.0195. The van der Waals surface area contributed by atoms with Crippen LogP contribution >= 0.6 is 0 Å². The van der Waals surface area contributed by atoms with Gasteiger partial charge in [0.25, 0.3) is 0 Å². The molecule has 0 heterocycles. The molecule has 2 unspecified atom stereocenters. The molecule has 9 nitrogen and oxygen atoms in total. The number of aliphatic carboxylic acids is 1. The minimum absolute atomic E-state index is 0.143. The van der Waals surface area contributed by atoms with Crippen LogP contribution in [0.2, 0.25) is 0 Å². The first-order valence-electron chi connectivity index (χ1n) is 32.1. The average Bonchev–Trinajstić information content (AvgIpc) is 3.38. The van der Waals surface area contributed by atoms with E-state index in [1.165, 1.54) is 218 Å². The summed E-state index contributed by atoms with van der Waals surface area (Å²) in [6.45, 7) is 4.63. The third-order valence-corrected chi connectivity index (χ3v) is 14.4. The number of nitrogens with zero attached hydrogens (tertiary/aromatic N) is 1. The van der Waals surface area contributed by atoms with Gasteiger partial charge in [-0.2, -0.15) is 0 Å². The Labute approximate surface area is 464 Å². The van der Waals surface area contributed by atoms with Crippen molar-refractivity contribution in [2.45, 2.75) is 322 Å². The molecular weight excluding hydrogens is 935 g/mol. The van der Waals surface area contributed by atoms with Crippen molar-refractivity contribution in [3.8, 4) is 0 Å². The molecule has 0 spiro atoms. The minimum Gasteiger partial charge on any atom is -0.545 e. The molecule has 0 aliphatic rings. The highest BCUT2D eigenvalue weighted by atomic mass is 16.7. The van der Waals surface area contributed by atoms with Crippen LogP contribution in [-0.2, 0) is 33.3 Å². The number of carboxylic acid groups (broad SMARTS) is 1. The van der Waals surface area contributed by atoms with Crippen LogP contribution in [0.3, 0.4) is 0 Å². The predicted octanol–water partition coefficient (Wildman–Crippen LogP) is 17.9. The van der Waals surface area contributed by atoms with E-state index in [9.17, 15) is 19.5 Å². The summed E-state index contributed by atoms with van der Waals surface area (Å²) in [6.07, 6.45) is 68.3. The third kappa shape index (κ3) is 59.0. The maximum absolute atomic E-state index is 12.8. The SMILES string of the molecule is CC/C=C\C/C=C\C/C=C\CCCCCC(=O)OC(COC(=O)CCCCCCCCCCCCCCCCCCCCCCCCCCCCCCCCCCCCCCC)COC(OCC[N+](C)(C)C)C(=O)[O-]. The first-order valence-corrected chi connectivity index (χ1v) is 32.1. The van der Waals surface area contributed by atoms with Crippen LogP contribution in [0.1, 0.15) is 309 Å². The molecule has 0 rings (SSSR count). The van der Waals surface area contributed by atoms with Gasteiger partial charge in [-0.25, -0.2) is 0 Å². The molecule has 75 heavy (non-hydrogen) atoms. The van der Waals surface area contributed by atoms with E-state index < -0.39 is 24.3 Å². The van der Waals surface area contributed by atoms with Crippen molar-refractivity contribution < 1.29 is 42.9 Å². The second-order valence-electron chi connectivity index (χ2n) is 23.0. The Bertz CT molecular complexity index is 1320. The highest BCUT2D eigenvalue weighted by Crippen LogP contribution is 2.18. The van der Waals surface area contributed by atoms with Crippen molar-refractivity contribution in [1.29, 1.82) is 0 Å². The van der Waals surface area contributed by atoms with Gasteiger partial charge in [0.15, 0.2) is 12.4 Å². The summed E-state index contributed by atoms with van der Waals surface area (Å²) in [5.74, 6) is -2.31. The number of likely N-dealkylation sites (N-methyl/N-ethyl adjacent to an activating group) is 1. The van der Waals surface area contributed by atoms with Gasteiger partial charge in [-0.1, -0.05) is 288 Å². The Hall–Kier alpha value is -2.49. The van der Waals surface area contributed by atoms with Crippen molar-refractivity contribution in [3.63, 3.8) is 0 Å². The highest BCUT2D eigenvalue weighted by molar-refractivity contribution is 5.70. The summed E-state index contributed by atoms with van der Waals surface area (Å²) in [5, 5.41) is 11.8. The van der Waals surface area contributed by atoms with Gasteiger partial charge in [0.1, 0.15) is 13.2 Å². The van der Waals surface area contributed by atoms with E-state index in [2.05, 4.69) is 50.3 Å². The Kier molecular flexibility index (Phi) is 55.8. The summed E-state index contributed by atoms with van der Waals surface area (Å²) in [6, 6.07) is 0. The lowest BCUT2D eigenvalue weighted by Gasteiger charge is -2.26. The number of hydrogen-bond acceptors (Lipinski definition) is 8. The molecule has 0 bridgehead atoms. The molecule has 2 atom stereocenters. The van der Waals surface area contributed by atoms with Gasteiger partial charge in [0, 0.05) is 12.8 Å². The fraction of sp³-hybridized carbons (Fsp3) is 0.864. The second kappa shape index (κ2) is 57.7. The molecule has 0 aromatic heterocycles. The van der Waals surface area contributed by atoms with E-state index in [-0.39, 0.29) is 38.6 Å². The number of carbonyl (C=O) groups excluding carboxylic acids is 3. The number of unbranched alkanes of at least 4 members (excludes halogenated alkanes) is 39. The molecular formula is C66H123NO8. The second-order valence-corrected chi connectivity index (χ2v) is 23.0. The molecule has 0 N–H and O–H groups in total. The van der Waals surface area contributed by atoms with Crippen LogP contribution in [0, 0.1) is 0 Å². The number of esters is 2. The van der Waals surface area contributed by atoms with E-state index in [0.29, 0.717) is 17.4 Å². The zero-order valence-corrected chi connectivity index (χ0v) is 50.2. The van der Waals surface area contributed by atoms with Crippen LogP contribution in [0.5, 0.6) is 0 Å². The van der Waals surface area contributed by atoms with E-state index >= 15 is 0 Å². The molecule has 0 saturated carbocycles. The Morgan fingerprint density at radius 2 is 0.760 bits per heavy atom. The Morgan fingerprint density at radius 1 is 0.413 bits per heavy atom. The Balaban J connectivity index is 3.91. The van der Waals surface area contributed by atoms with E-state index in [1.807, 2.05) is 21.1 Å². The molecule has 0 saturated heterocycles. The summed E-state index contributed by atoms with van der Waals surface area (Å²) in [4.78, 5) is 37.2. The molecule has 440 valence electrons. The summed E-state index contributed by atoms with van der Waals surface area (Å²) in [5.41, 5.74) is 0. The molecule has 0 aromatic carbocycles. The molecule has 0 amide bonds. The van der Waals surface area contributed by atoms with Crippen LogP contribution in [0.15, 0.2) is 36.5 Å². The van der Waals surface area contributed by atoms with Crippen molar-refractivity contribution in [1.82, 2.24) is 0 Å². The maximum atomic E-state index is 12.8. The standard InChI is InChI=1S/C66H123NO8/c1-6-8-10-12-14-16-18-20-21-22-23-24-25-26-27-28-29-30-31-32-33-34-35-36-37-38-39-40-41-42-43-45-46-48-50-52-54-56-63(68)73-60-62(61-74-66(65(70)71)72-59-58-67(3,4)5)75-64(69)57-55-53-51-49-47-44-19-17-15-13-11-9-7-2/h9,11,15,17,44,47,62,66H,6-8,10,12-14,16,18-43,45-46,48-61H2,1-5H3/b11-9-,17-15-,47-44-. The van der Waals surface area contributed by atoms with Gasteiger partial charge >= 0.3 is 11.9 Å². The number of hydrogen-bond donors (Lipinski definition) is 0. The van der Waals surface area contributed by atoms with Gasteiger partial charge in [-0.05, 0) is 44.9 Å². The number of ether oxygens (including phenoxy) is 4. The smallest absolute Gasteiger partial charge is 0.306 e. The fourth-order valence-electron chi connectivity index (χ4n) is 9.50. The first kappa shape index (κ1) is 72.5. The van der Waals surface area contributed by atoms with Crippen LogP contribution < -0.4 is 5.11 Å². The lowest BCUT2D eigenvalue weighted by Crippen LogP contribution is -2.44. The van der Waals surface area contributed by atoms with Crippen molar-refractivity contribution in [2.24, 2.45) is 0 Å². The number of rotatable bonds is 60. The highest BCUT2D eigenvalue weighted by Gasteiger charge is 2.22. The Morgan fingerprint density at radius 3 is 1.13 bits per heavy atom. The monoisotopic (exact) mass is 1060 g/mol. The minimum atomic E-state index is -1.63. The average molecular weight is 1060 g/mol. The molecule has 0 fully saturated rings. The van der Waals surface area contributed by atoms with Crippen molar-refractivity contribution in [2.75, 3.05) is 47.5 Å². The van der Waals surface area contributed by atoms with Gasteiger partial charge in [-0.3, -0.25) is 9.59 Å². The van der Waals surface area contributed by atoms with Crippen LogP contribution in [-0.4, -0.2) is 82.3 Å². The summed E-state index contributed by atoms with van der Waals surface area (Å²) < 4.78 is 22.6. The zero-order chi connectivity index (χ0) is 54.8. The van der Waals surface area contributed by atoms with Crippen molar-refractivity contribution >= 4 is 17.9 Å². The first-order chi connectivity index (χ1) is 36.6. The largest absolute Gasteiger partial charge is 0.545 e. The number of quaternary nitrogens is 1. The molecule has 0 radical (unpaired) electrons. The predicted molar refractivity (Wildman–Crippen MR) is 316 cm³/mol. The molecule has 0 aromatic rings. The topological polar surface area (TPSA) is 111 Å². The van der Waals surface area contributed by atoms with Gasteiger partial charge in [0.05, 0.1) is 40.3 Å². The number of carbonyl (C=O) groups is 3. The summed E-state index contributed by atoms with van der Waals surface area (Å²) >= 11 is 0. The molecule has 0 aliphatic carbocycles. The molecule has 0 aliphatic heterocycles. The third-order valence-electron chi connectivity index (χ3n) is 14.4. The van der Waals surface area contributed by atoms with Gasteiger partial charge < -0.3 is 33.3 Å². The van der Waals surface area contributed by atoms with E-state index in [0.717, 1.165) is 57.8 Å². The van der Waals surface area contributed by atoms with Gasteiger partial charge in [-0.15, -0.1) is 0 Å². The fourth-order valence-corrected chi connectivity index (χ4v) is 9.50. The number of carboxylic acids is 1. The number of allylic oxidation sites excluding steroid dienone is 6. The van der Waals surface area contributed by atoms with Crippen molar-refractivity contribution in [3.05, 3.63) is 36.5 Å². The lowest BCUT2D eigenvalue weighted by molar-refractivity contribution is -0.870. The maximum Gasteiger partial charge on any atom is 0.306 e. The molecule has 9 heteroatoms. The van der Waals surface area contributed by atoms with E-state index in [1.54, 1.807) is 0 Å². The van der Waals surface area contributed by atoms with Crippen LogP contribution in [0.4, 0.5) is 0 Å².